The van der Waals surface area contributed by atoms with Gasteiger partial charge in [-0.25, -0.2) is 4.98 Å². The number of methoxy groups -OCH3 is 1. The Kier molecular flexibility index (Phi) is 6.41. The van der Waals surface area contributed by atoms with Gasteiger partial charge in [0.1, 0.15) is 11.6 Å². The second-order valence-corrected chi connectivity index (χ2v) is 8.70. The predicted octanol–water partition coefficient (Wildman–Crippen LogP) is 2.93. The molecule has 1 aliphatic heterocycles. The lowest BCUT2D eigenvalue weighted by Crippen LogP contribution is -2.52. The summed E-state index contributed by atoms with van der Waals surface area (Å²) in [5.41, 5.74) is 1.41. The molecule has 1 aromatic carbocycles. The normalized spacial score (nSPS) is 18.4. The van der Waals surface area contributed by atoms with E-state index in [2.05, 4.69) is 56.5 Å². The minimum Gasteiger partial charge on any atom is -0.496 e. The van der Waals surface area contributed by atoms with Crippen LogP contribution >= 0.6 is 11.5 Å². The maximum Gasteiger partial charge on any atom is 0.205 e. The van der Waals surface area contributed by atoms with Crippen LogP contribution in [0, 0.1) is 0 Å². The highest BCUT2D eigenvalue weighted by atomic mass is 32.1. The van der Waals surface area contributed by atoms with E-state index >= 15 is 0 Å². The molecule has 8 heteroatoms. The number of anilines is 1. The molecule has 1 saturated heterocycles. The monoisotopic (exact) mass is 428 g/mol. The highest BCUT2D eigenvalue weighted by molar-refractivity contribution is 7.09. The van der Waals surface area contributed by atoms with Crippen molar-refractivity contribution < 1.29 is 4.74 Å². The van der Waals surface area contributed by atoms with Crippen molar-refractivity contribution in [3.63, 3.8) is 0 Å². The van der Waals surface area contributed by atoms with Crippen LogP contribution in [0.2, 0.25) is 0 Å². The Morgan fingerprint density at radius 2 is 1.97 bits per heavy atom. The molecule has 1 aliphatic carbocycles. The molecular formula is C22H32N6OS. The van der Waals surface area contributed by atoms with Crippen LogP contribution in [0.5, 0.6) is 5.75 Å². The third-order valence-electron chi connectivity index (χ3n) is 6.02. The number of guanidine groups is 1. The fraction of sp³-hybridized carbons (Fsp3) is 0.591. The number of benzene rings is 1. The molecule has 1 saturated carbocycles. The van der Waals surface area contributed by atoms with Crippen LogP contribution < -0.4 is 15.0 Å². The van der Waals surface area contributed by atoms with Crippen molar-refractivity contribution in [2.45, 2.75) is 38.5 Å². The van der Waals surface area contributed by atoms with E-state index in [9.17, 15) is 0 Å². The number of nitrogens with one attached hydrogen (secondary N) is 1. The van der Waals surface area contributed by atoms with Gasteiger partial charge in [0.25, 0.3) is 0 Å². The van der Waals surface area contributed by atoms with Gasteiger partial charge in [0.15, 0.2) is 5.96 Å². The number of aromatic nitrogens is 2. The Morgan fingerprint density at radius 1 is 1.20 bits per heavy atom. The highest BCUT2D eigenvalue weighted by Gasteiger charge is 2.46. The predicted molar refractivity (Wildman–Crippen MR) is 123 cm³/mol. The van der Waals surface area contributed by atoms with Crippen molar-refractivity contribution in [3.8, 4) is 5.75 Å². The van der Waals surface area contributed by atoms with Gasteiger partial charge in [-0.1, -0.05) is 25.1 Å². The standard InChI is InChI=1S/C22H32N6OS/c1-4-19-25-21(30-26-19)28-14-12-27(13-15-28)20(23-5-2)24-16-22(10-11-22)17-8-6-7-9-18(17)29-3/h6-9H,4-5,10-16H2,1-3H3,(H,23,24). The van der Waals surface area contributed by atoms with E-state index in [1.807, 2.05) is 6.07 Å². The molecule has 7 nitrogen and oxygen atoms in total. The first-order chi connectivity index (χ1) is 14.7. The lowest BCUT2D eigenvalue weighted by molar-refractivity contribution is 0.371. The first-order valence-corrected chi connectivity index (χ1v) is 11.7. The quantitative estimate of drug-likeness (QED) is 0.540. The van der Waals surface area contributed by atoms with Crippen molar-refractivity contribution in [1.82, 2.24) is 19.6 Å². The van der Waals surface area contributed by atoms with Gasteiger partial charge in [0.2, 0.25) is 5.13 Å². The molecule has 2 aromatic rings. The molecule has 0 unspecified atom stereocenters. The summed E-state index contributed by atoms with van der Waals surface area (Å²) < 4.78 is 10.0. The molecule has 2 aliphatic rings. The van der Waals surface area contributed by atoms with Crippen LogP contribution in [0.25, 0.3) is 0 Å². The summed E-state index contributed by atoms with van der Waals surface area (Å²) in [5.74, 6) is 2.94. The number of hydrogen-bond acceptors (Lipinski definition) is 6. The van der Waals surface area contributed by atoms with E-state index in [-0.39, 0.29) is 5.41 Å². The van der Waals surface area contributed by atoms with Crippen LogP contribution in [0.1, 0.15) is 38.1 Å². The Labute approximate surface area is 183 Å². The molecule has 0 atom stereocenters. The molecule has 0 radical (unpaired) electrons. The molecule has 4 rings (SSSR count). The molecule has 162 valence electrons. The second kappa shape index (κ2) is 9.20. The molecule has 2 fully saturated rings. The zero-order chi connectivity index (χ0) is 21.0. The number of rotatable bonds is 7. The molecule has 30 heavy (non-hydrogen) atoms. The van der Waals surface area contributed by atoms with Gasteiger partial charge < -0.3 is 19.9 Å². The summed E-state index contributed by atoms with van der Waals surface area (Å²) in [6.45, 7) is 9.67. The molecular weight excluding hydrogens is 396 g/mol. The van der Waals surface area contributed by atoms with E-state index in [0.29, 0.717) is 0 Å². The lowest BCUT2D eigenvalue weighted by Gasteiger charge is -2.36. The van der Waals surface area contributed by atoms with Gasteiger partial charge in [-0.05, 0) is 25.8 Å². The van der Waals surface area contributed by atoms with E-state index in [0.717, 1.165) is 68.4 Å². The first kappa shape index (κ1) is 20.9. The second-order valence-electron chi connectivity index (χ2n) is 7.97. The lowest BCUT2D eigenvalue weighted by atomic mass is 9.95. The number of para-hydroxylation sites is 1. The van der Waals surface area contributed by atoms with Crippen molar-refractivity contribution in [1.29, 1.82) is 0 Å². The molecule has 2 heterocycles. The average Bonchev–Trinajstić information content (AvgIpc) is 3.43. The number of nitrogens with zero attached hydrogens (tertiary/aromatic N) is 5. The number of hydrogen-bond donors (Lipinski definition) is 1. The summed E-state index contributed by atoms with van der Waals surface area (Å²) >= 11 is 1.51. The number of ether oxygens (including phenoxy) is 1. The van der Waals surface area contributed by atoms with Gasteiger partial charge in [0.05, 0.1) is 13.7 Å². The average molecular weight is 429 g/mol. The Balaban J connectivity index is 1.42. The van der Waals surface area contributed by atoms with Crippen molar-refractivity contribution in [3.05, 3.63) is 35.7 Å². The van der Waals surface area contributed by atoms with Crippen LogP contribution in [0.4, 0.5) is 5.13 Å². The fourth-order valence-electron chi connectivity index (χ4n) is 4.02. The molecule has 0 amide bonds. The Morgan fingerprint density at radius 3 is 2.60 bits per heavy atom. The van der Waals surface area contributed by atoms with Crippen LogP contribution in [0.15, 0.2) is 29.3 Å². The van der Waals surface area contributed by atoms with E-state index in [1.54, 1.807) is 7.11 Å². The topological polar surface area (TPSA) is 65.9 Å². The van der Waals surface area contributed by atoms with Gasteiger partial charge >= 0.3 is 0 Å². The summed E-state index contributed by atoms with van der Waals surface area (Å²) in [7, 11) is 1.75. The van der Waals surface area contributed by atoms with Gasteiger partial charge in [0, 0.05) is 61.7 Å². The Hall–Kier alpha value is -2.35. The molecule has 1 aromatic heterocycles. The van der Waals surface area contributed by atoms with Crippen molar-refractivity contribution >= 4 is 22.6 Å². The maximum absolute atomic E-state index is 5.62. The number of piperazine rings is 1. The molecule has 0 bridgehead atoms. The Bertz CT molecular complexity index is 870. The summed E-state index contributed by atoms with van der Waals surface area (Å²) in [4.78, 5) is 14.4. The molecule has 1 N–H and O–H groups in total. The van der Waals surface area contributed by atoms with E-state index in [4.69, 9.17) is 9.73 Å². The number of aryl methyl sites for hydroxylation is 1. The van der Waals surface area contributed by atoms with E-state index < -0.39 is 0 Å². The SMILES string of the molecule is CCNC(=NCC1(c2ccccc2OC)CC1)N1CCN(c2nc(CC)ns2)CC1. The fourth-order valence-corrected chi connectivity index (χ4v) is 4.83. The summed E-state index contributed by atoms with van der Waals surface area (Å²) in [5, 5.41) is 4.54. The van der Waals surface area contributed by atoms with Crippen LogP contribution in [0.3, 0.4) is 0 Å². The number of aliphatic imine (C=N–C) groups is 1. The summed E-state index contributed by atoms with van der Waals surface area (Å²) in [6.07, 6.45) is 3.23. The van der Waals surface area contributed by atoms with Gasteiger partial charge in [-0.15, -0.1) is 0 Å². The molecule has 0 spiro atoms. The minimum atomic E-state index is 0.123. The van der Waals surface area contributed by atoms with E-state index in [1.165, 1.54) is 29.9 Å². The minimum absolute atomic E-state index is 0.123. The van der Waals surface area contributed by atoms with Gasteiger partial charge in [-0.2, -0.15) is 4.37 Å². The smallest absolute Gasteiger partial charge is 0.205 e. The third kappa shape index (κ3) is 4.38. The third-order valence-corrected chi connectivity index (χ3v) is 6.84. The summed E-state index contributed by atoms with van der Waals surface area (Å²) in [6, 6.07) is 8.39. The van der Waals surface area contributed by atoms with Gasteiger partial charge in [-0.3, -0.25) is 4.99 Å². The van der Waals surface area contributed by atoms with Crippen LogP contribution in [-0.4, -0.2) is 66.6 Å². The largest absolute Gasteiger partial charge is 0.496 e. The van der Waals surface area contributed by atoms with Crippen molar-refractivity contribution in [2.75, 3.05) is 51.3 Å². The maximum atomic E-state index is 5.62. The van der Waals surface area contributed by atoms with Crippen LogP contribution in [-0.2, 0) is 11.8 Å². The first-order valence-electron chi connectivity index (χ1n) is 10.9. The zero-order valence-corrected chi connectivity index (χ0v) is 19.0. The zero-order valence-electron chi connectivity index (χ0n) is 18.2. The van der Waals surface area contributed by atoms with Crippen molar-refractivity contribution in [2.24, 2.45) is 4.99 Å². The highest BCUT2D eigenvalue weighted by Crippen LogP contribution is 2.51.